The summed E-state index contributed by atoms with van der Waals surface area (Å²) in [6, 6.07) is 7.31. The number of benzene rings is 1. The summed E-state index contributed by atoms with van der Waals surface area (Å²) in [6.07, 6.45) is 9.90. The monoisotopic (exact) mass is 672 g/mol. The molecule has 1 aromatic carbocycles. The van der Waals surface area contributed by atoms with E-state index < -0.39 is 17.5 Å². The molecule has 8 aliphatic rings. The SMILES string of the molecule is C[C@]12CC[C@@H](O)[C@@](C)(CO)C1CCC1(CO1)C2/C=C/C1=CC(=C\c2ccc(NC(=O)CC(=O)NC3C4CN5CC3CN(C4)C5)cc2)/OC1=O. The standard InChI is InChI=1S/C38H48N4O7/c1-36-11-10-31(44)37(2,20-43)29(36)9-12-38(21-48-38)30(36)8-5-24-14-28(49-35(24)47)13-23-3-6-27(7-4-23)39-32(45)15-33(46)40-34-25-16-41-18-26(34)19-42(17-25)22-41/h3-8,13-14,25-26,29-31,34,43-44H,9-12,15-22H2,1-2H3,(H,39,45)(H,40,46)/b8-5+,28-13+/t25?,26?,29?,30?,31-,34?,36+,37+,38?/m1/s1. The summed E-state index contributed by atoms with van der Waals surface area (Å²) in [4.78, 5) is 43.2. The first-order chi connectivity index (χ1) is 23.5. The zero-order chi connectivity index (χ0) is 34.1. The summed E-state index contributed by atoms with van der Waals surface area (Å²) in [5.74, 6) is 0.431. The molecular weight excluding hydrogens is 624 g/mol. The maximum absolute atomic E-state index is 12.9. The summed E-state index contributed by atoms with van der Waals surface area (Å²) in [7, 11) is 0. The van der Waals surface area contributed by atoms with E-state index in [-0.39, 0.29) is 53.7 Å². The van der Waals surface area contributed by atoms with Crippen LogP contribution in [0.4, 0.5) is 5.69 Å². The molecule has 7 fully saturated rings. The number of aliphatic hydroxyl groups is 2. The average molecular weight is 673 g/mol. The Balaban J connectivity index is 0.886. The van der Waals surface area contributed by atoms with Crippen molar-refractivity contribution >= 4 is 29.5 Å². The molecule has 0 radical (unpaired) electrons. The van der Waals surface area contributed by atoms with Crippen LogP contribution in [0.25, 0.3) is 6.08 Å². The summed E-state index contributed by atoms with van der Waals surface area (Å²) in [5.41, 5.74) is 0.825. The number of hydrogen-bond acceptors (Lipinski definition) is 9. The summed E-state index contributed by atoms with van der Waals surface area (Å²) >= 11 is 0. The molecule has 2 amide bonds. The number of nitrogens with zero attached hydrogens (tertiary/aromatic N) is 2. The van der Waals surface area contributed by atoms with E-state index in [9.17, 15) is 24.6 Å². The predicted molar refractivity (Wildman–Crippen MR) is 181 cm³/mol. The third kappa shape index (κ3) is 5.87. The second-order valence-electron chi connectivity index (χ2n) is 16.2. The third-order valence-electron chi connectivity index (χ3n) is 13.0. The second kappa shape index (κ2) is 12.2. The van der Waals surface area contributed by atoms with Gasteiger partial charge in [0.25, 0.3) is 0 Å². The quantitative estimate of drug-likeness (QED) is 0.186. The number of fused-ring (bicyclic) bond motifs is 1. The van der Waals surface area contributed by atoms with Crippen LogP contribution in [0.1, 0.15) is 51.5 Å². The van der Waals surface area contributed by atoms with Crippen LogP contribution in [-0.2, 0) is 23.9 Å². The molecular formula is C38H48N4O7. The Morgan fingerprint density at radius 3 is 2.37 bits per heavy atom. The van der Waals surface area contributed by atoms with E-state index in [2.05, 4.69) is 33.4 Å². The van der Waals surface area contributed by atoms with Gasteiger partial charge in [0.15, 0.2) is 0 Å². The van der Waals surface area contributed by atoms with Crippen LogP contribution in [0.15, 0.2) is 53.8 Å². The molecule has 9 rings (SSSR count). The molecule has 1 aromatic rings. The molecule has 5 saturated heterocycles. The maximum atomic E-state index is 12.9. The predicted octanol–water partition coefficient (Wildman–Crippen LogP) is 2.67. The zero-order valence-electron chi connectivity index (χ0n) is 28.4. The van der Waals surface area contributed by atoms with E-state index in [1.807, 2.05) is 25.1 Å². The largest absolute Gasteiger partial charge is 0.423 e. The first kappa shape index (κ1) is 32.8. The molecule has 6 aliphatic heterocycles. The smallest absolute Gasteiger partial charge is 0.343 e. The fraction of sp³-hybridized carbons (Fsp3) is 0.605. The molecule has 6 atom stereocenters. The summed E-state index contributed by atoms with van der Waals surface area (Å²) in [6.45, 7) is 9.94. The van der Waals surface area contributed by atoms with Gasteiger partial charge < -0.3 is 30.3 Å². The lowest BCUT2D eigenvalue weighted by molar-refractivity contribution is -0.167. The van der Waals surface area contributed by atoms with E-state index >= 15 is 0 Å². The third-order valence-corrected chi connectivity index (χ3v) is 13.0. The van der Waals surface area contributed by atoms with Crippen LogP contribution in [0.2, 0.25) is 0 Å². The maximum Gasteiger partial charge on any atom is 0.343 e. The lowest BCUT2D eigenvalue weighted by atomic mass is 9.45. The molecule has 49 heavy (non-hydrogen) atoms. The van der Waals surface area contributed by atoms with Crippen LogP contribution in [0.5, 0.6) is 0 Å². The van der Waals surface area contributed by atoms with Gasteiger partial charge >= 0.3 is 5.97 Å². The molecule has 4 bridgehead atoms. The van der Waals surface area contributed by atoms with Crippen molar-refractivity contribution in [1.29, 1.82) is 0 Å². The minimum atomic E-state index is -0.574. The van der Waals surface area contributed by atoms with Gasteiger partial charge in [-0.25, -0.2) is 4.79 Å². The number of amides is 2. The van der Waals surface area contributed by atoms with Crippen LogP contribution in [-0.4, -0.2) is 102 Å². The van der Waals surface area contributed by atoms with Gasteiger partial charge in [-0.05, 0) is 66.9 Å². The fourth-order valence-corrected chi connectivity index (χ4v) is 10.5. The number of epoxide rings is 1. The average Bonchev–Trinajstić information content (AvgIpc) is 3.74. The number of hydrogen-bond donors (Lipinski definition) is 4. The van der Waals surface area contributed by atoms with Gasteiger partial charge in [0, 0.05) is 61.1 Å². The van der Waals surface area contributed by atoms with Gasteiger partial charge in [-0.2, -0.15) is 0 Å². The molecule has 1 spiro atoms. The van der Waals surface area contributed by atoms with Crippen LogP contribution in [0, 0.1) is 34.5 Å². The number of nitrogens with one attached hydrogen (secondary N) is 2. The van der Waals surface area contributed by atoms with Crippen molar-refractivity contribution in [3.8, 4) is 0 Å². The van der Waals surface area contributed by atoms with Crippen molar-refractivity contribution in [3.63, 3.8) is 0 Å². The van der Waals surface area contributed by atoms with Crippen LogP contribution < -0.4 is 10.6 Å². The minimum Gasteiger partial charge on any atom is -0.423 e. The van der Waals surface area contributed by atoms with Gasteiger partial charge in [0.2, 0.25) is 11.8 Å². The Bertz CT molecular complexity index is 1590. The Kier molecular flexibility index (Phi) is 8.15. The van der Waals surface area contributed by atoms with Crippen molar-refractivity contribution in [2.24, 2.45) is 34.5 Å². The minimum absolute atomic E-state index is 0.0431. The molecule has 0 aromatic heterocycles. The van der Waals surface area contributed by atoms with Gasteiger partial charge in [-0.3, -0.25) is 19.4 Å². The van der Waals surface area contributed by atoms with E-state index in [1.54, 1.807) is 24.3 Å². The number of esters is 1. The van der Waals surface area contributed by atoms with Crippen LogP contribution >= 0.6 is 0 Å². The van der Waals surface area contributed by atoms with Crippen molar-refractivity contribution in [2.45, 2.75) is 63.7 Å². The van der Waals surface area contributed by atoms with Gasteiger partial charge in [0.05, 0.1) is 37.2 Å². The van der Waals surface area contributed by atoms with E-state index in [0.717, 1.165) is 57.7 Å². The molecule has 262 valence electrons. The lowest BCUT2D eigenvalue weighted by Gasteiger charge is -2.60. The number of carbonyl (C=O) groups excluding carboxylic acids is 3. The molecule has 11 nitrogen and oxygen atoms in total. The highest BCUT2D eigenvalue weighted by atomic mass is 16.6. The number of carbonyl (C=O) groups is 3. The Morgan fingerprint density at radius 1 is 1.02 bits per heavy atom. The van der Waals surface area contributed by atoms with Gasteiger partial charge in [-0.1, -0.05) is 38.1 Å². The van der Waals surface area contributed by atoms with Gasteiger partial charge in [0.1, 0.15) is 12.2 Å². The van der Waals surface area contributed by atoms with Crippen molar-refractivity contribution in [3.05, 3.63) is 59.4 Å². The lowest BCUT2D eigenvalue weighted by Crippen LogP contribution is -2.71. The van der Waals surface area contributed by atoms with Crippen molar-refractivity contribution < 1.29 is 34.1 Å². The Labute approximate surface area is 287 Å². The van der Waals surface area contributed by atoms with Crippen LogP contribution in [0.3, 0.4) is 0 Å². The van der Waals surface area contributed by atoms with Crippen molar-refractivity contribution in [2.75, 3.05) is 51.4 Å². The van der Waals surface area contributed by atoms with E-state index in [4.69, 9.17) is 9.47 Å². The molecule has 2 aliphatic carbocycles. The topological polar surface area (TPSA) is 144 Å². The number of ether oxygens (including phenoxy) is 2. The van der Waals surface area contributed by atoms with E-state index in [1.165, 1.54) is 0 Å². The van der Waals surface area contributed by atoms with Gasteiger partial charge in [-0.15, -0.1) is 0 Å². The molecule has 11 heteroatoms. The number of anilines is 1. The Morgan fingerprint density at radius 2 is 1.71 bits per heavy atom. The highest BCUT2D eigenvalue weighted by Gasteiger charge is 2.66. The molecule has 4 N–H and O–H groups in total. The molecule has 2 saturated carbocycles. The number of piperidine rings is 2. The number of allylic oxidation sites excluding steroid dienone is 1. The number of rotatable bonds is 8. The molecule has 3 unspecified atom stereocenters. The summed E-state index contributed by atoms with van der Waals surface area (Å²) < 4.78 is 11.6. The Hall–Kier alpha value is -3.35. The highest BCUT2D eigenvalue weighted by molar-refractivity contribution is 6.03. The summed E-state index contributed by atoms with van der Waals surface area (Å²) in [5, 5.41) is 27.2. The van der Waals surface area contributed by atoms with Crippen molar-refractivity contribution in [1.82, 2.24) is 15.1 Å². The first-order valence-corrected chi connectivity index (χ1v) is 17.9. The first-order valence-electron chi connectivity index (χ1n) is 17.9. The number of aliphatic hydroxyl groups excluding tert-OH is 2. The normalized spacial score (nSPS) is 42.7. The molecule has 6 heterocycles. The van der Waals surface area contributed by atoms with E-state index in [0.29, 0.717) is 41.9 Å². The number of cyclic esters (lactones) is 1. The second-order valence-corrected chi connectivity index (χ2v) is 16.2. The highest BCUT2D eigenvalue weighted by Crippen LogP contribution is 2.65. The zero-order valence-corrected chi connectivity index (χ0v) is 28.4. The fourth-order valence-electron chi connectivity index (χ4n) is 10.5.